The minimum atomic E-state index is 0.200. The van der Waals surface area contributed by atoms with Crippen molar-refractivity contribution in [1.29, 1.82) is 0 Å². The second-order valence-corrected chi connectivity index (χ2v) is 4.04. The highest BCUT2D eigenvalue weighted by Crippen LogP contribution is 2.26. The topological polar surface area (TPSA) is 55.2 Å². The molecule has 1 heterocycles. The first kappa shape index (κ1) is 10.9. The number of halogens is 1. The molecule has 4 nitrogen and oxygen atoms in total. The summed E-state index contributed by atoms with van der Waals surface area (Å²) in [5.74, 6) is 1.16. The number of benzene rings is 1. The average molecular weight is 281 g/mol. The summed E-state index contributed by atoms with van der Waals surface area (Å²) in [7, 11) is 0. The summed E-state index contributed by atoms with van der Waals surface area (Å²) in [6.45, 7) is 1.82. The Morgan fingerprint density at radius 2 is 2.06 bits per heavy atom. The summed E-state index contributed by atoms with van der Waals surface area (Å²) in [5, 5.41) is 9.51. The number of aryl methyl sites for hydroxylation is 1. The second-order valence-electron chi connectivity index (χ2n) is 3.23. The van der Waals surface area contributed by atoms with E-state index < -0.39 is 0 Å². The van der Waals surface area contributed by atoms with Crippen molar-refractivity contribution in [3.05, 3.63) is 40.8 Å². The number of nitrogens with zero attached hydrogens (tertiary/aromatic N) is 2. The largest absolute Gasteiger partial charge is 0.508 e. The van der Waals surface area contributed by atoms with Gasteiger partial charge in [0.15, 0.2) is 0 Å². The molecule has 0 saturated heterocycles. The molecule has 0 spiro atoms. The average Bonchev–Trinajstić information content (AvgIpc) is 2.24. The van der Waals surface area contributed by atoms with Gasteiger partial charge >= 0.3 is 0 Å². The van der Waals surface area contributed by atoms with Crippen molar-refractivity contribution >= 4 is 15.9 Å². The maximum atomic E-state index is 9.51. The zero-order chi connectivity index (χ0) is 11.5. The van der Waals surface area contributed by atoms with Crippen LogP contribution < -0.4 is 4.74 Å². The molecule has 0 aliphatic rings. The Morgan fingerprint density at radius 1 is 1.25 bits per heavy atom. The van der Waals surface area contributed by atoms with Crippen molar-refractivity contribution < 1.29 is 9.84 Å². The lowest BCUT2D eigenvalue weighted by Crippen LogP contribution is -1.89. The molecule has 1 N–H and O–H groups in total. The zero-order valence-corrected chi connectivity index (χ0v) is 10.1. The molecule has 2 aromatic rings. The molecule has 0 fully saturated rings. The van der Waals surface area contributed by atoms with Crippen LogP contribution in [-0.4, -0.2) is 15.1 Å². The van der Waals surface area contributed by atoms with Gasteiger partial charge in [0.05, 0.1) is 0 Å². The molecule has 0 aliphatic carbocycles. The van der Waals surface area contributed by atoms with Gasteiger partial charge in [-0.2, -0.15) is 0 Å². The lowest BCUT2D eigenvalue weighted by molar-refractivity contribution is 0.442. The molecule has 1 aromatic carbocycles. The van der Waals surface area contributed by atoms with Gasteiger partial charge in [-0.15, -0.1) is 0 Å². The minimum absolute atomic E-state index is 0.200. The summed E-state index contributed by atoms with van der Waals surface area (Å²) >= 11 is 3.22. The van der Waals surface area contributed by atoms with Crippen molar-refractivity contribution in [3.8, 4) is 17.4 Å². The fraction of sp³-hybridized carbons (Fsp3) is 0.0909. The Labute approximate surface area is 101 Å². The lowest BCUT2D eigenvalue weighted by atomic mass is 10.2. The SMILES string of the molecule is Cc1ccc(Oc2cc(Br)ncn2)cc1O. The van der Waals surface area contributed by atoms with Gasteiger partial charge in [0, 0.05) is 12.1 Å². The van der Waals surface area contributed by atoms with Crippen LogP contribution in [0.15, 0.2) is 35.2 Å². The Morgan fingerprint density at radius 3 is 2.75 bits per heavy atom. The predicted octanol–water partition coefficient (Wildman–Crippen LogP) is 3.05. The van der Waals surface area contributed by atoms with E-state index in [1.165, 1.54) is 6.33 Å². The molecule has 0 saturated carbocycles. The van der Waals surface area contributed by atoms with Gasteiger partial charge in [0.25, 0.3) is 0 Å². The molecule has 0 radical (unpaired) electrons. The fourth-order valence-electron chi connectivity index (χ4n) is 1.15. The summed E-state index contributed by atoms with van der Waals surface area (Å²) in [6, 6.07) is 6.74. The minimum Gasteiger partial charge on any atom is -0.508 e. The van der Waals surface area contributed by atoms with Crippen LogP contribution in [0.25, 0.3) is 0 Å². The molecule has 2 rings (SSSR count). The van der Waals surface area contributed by atoms with Crippen molar-refractivity contribution in [3.63, 3.8) is 0 Å². The van der Waals surface area contributed by atoms with Crippen LogP contribution in [0.1, 0.15) is 5.56 Å². The quantitative estimate of drug-likeness (QED) is 0.859. The molecule has 0 atom stereocenters. The first-order valence-electron chi connectivity index (χ1n) is 4.60. The second kappa shape index (κ2) is 4.49. The highest BCUT2D eigenvalue weighted by atomic mass is 79.9. The van der Waals surface area contributed by atoms with Gasteiger partial charge < -0.3 is 9.84 Å². The highest BCUT2D eigenvalue weighted by molar-refractivity contribution is 9.10. The van der Waals surface area contributed by atoms with E-state index in [4.69, 9.17) is 4.74 Å². The summed E-state index contributed by atoms with van der Waals surface area (Å²) in [4.78, 5) is 7.83. The number of rotatable bonds is 2. The van der Waals surface area contributed by atoms with Gasteiger partial charge in [-0.3, -0.25) is 0 Å². The van der Waals surface area contributed by atoms with E-state index in [-0.39, 0.29) is 5.75 Å². The van der Waals surface area contributed by atoms with Crippen LogP contribution in [0, 0.1) is 6.92 Å². The number of ether oxygens (including phenoxy) is 1. The molecule has 0 unspecified atom stereocenters. The van der Waals surface area contributed by atoms with E-state index in [0.29, 0.717) is 16.2 Å². The molecular formula is C11H9BrN2O2. The van der Waals surface area contributed by atoms with E-state index in [2.05, 4.69) is 25.9 Å². The van der Waals surface area contributed by atoms with Crippen LogP contribution in [0.3, 0.4) is 0 Å². The fourth-order valence-corrected chi connectivity index (χ4v) is 1.43. The third kappa shape index (κ3) is 2.49. The zero-order valence-electron chi connectivity index (χ0n) is 8.51. The van der Waals surface area contributed by atoms with Crippen molar-refractivity contribution in [2.45, 2.75) is 6.92 Å². The lowest BCUT2D eigenvalue weighted by Gasteiger charge is -2.05. The van der Waals surface area contributed by atoms with Gasteiger partial charge in [0.2, 0.25) is 5.88 Å². The normalized spacial score (nSPS) is 10.1. The van der Waals surface area contributed by atoms with Crippen LogP contribution in [-0.2, 0) is 0 Å². The van der Waals surface area contributed by atoms with Gasteiger partial charge in [-0.25, -0.2) is 9.97 Å². The summed E-state index contributed by atoms with van der Waals surface area (Å²) in [5.41, 5.74) is 0.802. The van der Waals surface area contributed by atoms with E-state index in [0.717, 1.165) is 5.56 Å². The van der Waals surface area contributed by atoms with Crippen molar-refractivity contribution in [2.24, 2.45) is 0 Å². The molecule has 0 bridgehead atoms. The van der Waals surface area contributed by atoms with Crippen molar-refractivity contribution in [2.75, 3.05) is 0 Å². The van der Waals surface area contributed by atoms with Crippen LogP contribution in [0.2, 0.25) is 0 Å². The highest BCUT2D eigenvalue weighted by Gasteiger charge is 2.02. The molecule has 16 heavy (non-hydrogen) atoms. The van der Waals surface area contributed by atoms with Gasteiger partial charge in [0.1, 0.15) is 22.4 Å². The summed E-state index contributed by atoms with van der Waals surface area (Å²) < 4.78 is 6.10. The maximum absolute atomic E-state index is 9.51. The monoisotopic (exact) mass is 280 g/mol. The number of aromatic hydroxyl groups is 1. The number of hydrogen-bond donors (Lipinski definition) is 1. The Balaban J connectivity index is 2.24. The van der Waals surface area contributed by atoms with Gasteiger partial charge in [-0.05, 0) is 34.5 Å². The Kier molecular flexibility index (Phi) is 3.05. The number of phenolic OH excluding ortho intramolecular Hbond substituents is 1. The van der Waals surface area contributed by atoms with E-state index in [9.17, 15) is 5.11 Å². The molecule has 1 aromatic heterocycles. The van der Waals surface area contributed by atoms with E-state index in [1.54, 1.807) is 24.3 Å². The Hall–Kier alpha value is -1.62. The van der Waals surface area contributed by atoms with Crippen LogP contribution in [0.5, 0.6) is 17.4 Å². The van der Waals surface area contributed by atoms with Crippen molar-refractivity contribution in [1.82, 2.24) is 9.97 Å². The Bertz CT molecular complexity index is 517. The first-order valence-corrected chi connectivity index (χ1v) is 5.39. The van der Waals surface area contributed by atoms with Gasteiger partial charge in [-0.1, -0.05) is 6.07 Å². The van der Waals surface area contributed by atoms with Crippen LogP contribution >= 0.6 is 15.9 Å². The summed E-state index contributed by atoms with van der Waals surface area (Å²) in [6.07, 6.45) is 1.40. The molecular weight excluding hydrogens is 272 g/mol. The number of phenols is 1. The molecule has 5 heteroatoms. The first-order chi connectivity index (χ1) is 7.65. The number of aromatic nitrogens is 2. The smallest absolute Gasteiger partial charge is 0.223 e. The van der Waals surface area contributed by atoms with E-state index in [1.807, 2.05) is 6.92 Å². The number of hydrogen-bond acceptors (Lipinski definition) is 4. The van der Waals surface area contributed by atoms with Crippen LogP contribution in [0.4, 0.5) is 0 Å². The predicted molar refractivity (Wildman–Crippen MR) is 62.6 cm³/mol. The third-order valence-electron chi connectivity index (χ3n) is 2.01. The molecule has 0 amide bonds. The molecule has 0 aliphatic heterocycles. The maximum Gasteiger partial charge on any atom is 0.223 e. The third-order valence-corrected chi connectivity index (χ3v) is 2.45. The molecule has 82 valence electrons. The van der Waals surface area contributed by atoms with E-state index >= 15 is 0 Å². The standard InChI is InChI=1S/C11H9BrN2O2/c1-7-2-3-8(4-9(7)15)16-11-5-10(12)13-6-14-11/h2-6,15H,1H3.